The highest BCUT2D eigenvalue weighted by atomic mass is 35.5. The summed E-state index contributed by atoms with van der Waals surface area (Å²) in [6, 6.07) is 7.41. The molecule has 3 atom stereocenters. The number of carbonyl (C=O) groups is 1. The molecule has 2 fully saturated rings. The molecule has 1 heterocycles. The van der Waals surface area contributed by atoms with Crippen LogP contribution in [0.2, 0.25) is 5.02 Å². The smallest absolute Gasteiger partial charge is 0.230 e. The van der Waals surface area contributed by atoms with Crippen molar-refractivity contribution in [3.63, 3.8) is 0 Å². The number of benzene rings is 1. The maximum absolute atomic E-state index is 12.0. The third kappa shape index (κ3) is 1.35. The Morgan fingerprint density at radius 3 is 2.56 bits per heavy atom. The van der Waals surface area contributed by atoms with Crippen molar-refractivity contribution in [3.05, 3.63) is 29.3 Å². The largest absolute Gasteiger partial charge is 0.330 e. The second-order valence-electron chi connectivity index (χ2n) is 4.51. The van der Waals surface area contributed by atoms with Gasteiger partial charge in [0.15, 0.2) is 0 Å². The van der Waals surface area contributed by atoms with E-state index >= 15 is 0 Å². The second-order valence-corrected chi connectivity index (χ2v) is 4.95. The molecule has 84 valence electrons. The average Bonchev–Trinajstić information content (AvgIpc) is 2.90. The first-order valence-electron chi connectivity index (χ1n) is 5.49. The van der Waals surface area contributed by atoms with Gasteiger partial charge in [-0.1, -0.05) is 11.6 Å². The van der Waals surface area contributed by atoms with Gasteiger partial charge in [0, 0.05) is 23.2 Å². The minimum Gasteiger partial charge on any atom is -0.330 e. The summed E-state index contributed by atoms with van der Waals surface area (Å²) in [5.41, 5.74) is 6.54. The van der Waals surface area contributed by atoms with Crippen LogP contribution >= 0.6 is 11.6 Å². The molecule has 1 aromatic rings. The number of nitrogens with zero attached hydrogens (tertiary/aromatic N) is 1. The number of nitrogens with two attached hydrogens (primary N) is 1. The monoisotopic (exact) mass is 236 g/mol. The van der Waals surface area contributed by atoms with Crippen molar-refractivity contribution in [2.24, 2.45) is 23.5 Å². The Labute approximate surface area is 99.2 Å². The Kier molecular flexibility index (Phi) is 2.19. The van der Waals surface area contributed by atoms with E-state index in [0.29, 0.717) is 23.4 Å². The summed E-state index contributed by atoms with van der Waals surface area (Å²) in [7, 11) is 0. The summed E-state index contributed by atoms with van der Waals surface area (Å²) < 4.78 is 0. The Hall–Kier alpha value is -1.06. The molecular weight excluding hydrogens is 224 g/mol. The average molecular weight is 237 g/mol. The summed E-state index contributed by atoms with van der Waals surface area (Å²) in [4.78, 5) is 13.9. The third-order valence-electron chi connectivity index (χ3n) is 3.69. The molecular formula is C12H13ClN2O. The van der Waals surface area contributed by atoms with Gasteiger partial charge in [-0.15, -0.1) is 0 Å². The van der Waals surface area contributed by atoms with E-state index in [9.17, 15) is 4.79 Å². The lowest BCUT2D eigenvalue weighted by molar-refractivity contribution is -0.119. The molecule has 2 N–H and O–H groups in total. The van der Waals surface area contributed by atoms with Crippen LogP contribution in [-0.2, 0) is 4.79 Å². The number of hydrogen-bond donors (Lipinski definition) is 1. The van der Waals surface area contributed by atoms with E-state index in [1.807, 2.05) is 29.2 Å². The molecule has 1 saturated heterocycles. The predicted molar refractivity (Wildman–Crippen MR) is 63.3 cm³/mol. The molecule has 3 rings (SSSR count). The lowest BCUT2D eigenvalue weighted by Gasteiger charge is -2.19. The van der Waals surface area contributed by atoms with Crippen LogP contribution in [0.15, 0.2) is 24.3 Å². The molecule has 1 aliphatic carbocycles. The van der Waals surface area contributed by atoms with E-state index < -0.39 is 0 Å². The maximum Gasteiger partial charge on any atom is 0.230 e. The minimum absolute atomic E-state index is 0.181. The van der Waals surface area contributed by atoms with Crippen molar-refractivity contribution in [3.8, 4) is 0 Å². The van der Waals surface area contributed by atoms with Crippen LogP contribution in [0.3, 0.4) is 0 Å². The molecule has 1 aliphatic heterocycles. The zero-order valence-electron chi connectivity index (χ0n) is 8.77. The molecule has 0 aromatic heterocycles. The van der Waals surface area contributed by atoms with Crippen LogP contribution in [-0.4, -0.2) is 19.0 Å². The van der Waals surface area contributed by atoms with Crippen LogP contribution in [0, 0.1) is 17.8 Å². The summed E-state index contributed by atoms with van der Waals surface area (Å²) in [5.74, 6) is 1.31. The number of amides is 1. The predicted octanol–water partition coefficient (Wildman–Crippen LogP) is 1.51. The molecule has 16 heavy (non-hydrogen) atoms. The van der Waals surface area contributed by atoms with Crippen molar-refractivity contribution in [2.75, 3.05) is 18.0 Å². The highest BCUT2D eigenvalue weighted by Crippen LogP contribution is 2.52. The van der Waals surface area contributed by atoms with Gasteiger partial charge in [0.1, 0.15) is 0 Å². The molecule has 3 nitrogen and oxygen atoms in total. The zero-order chi connectivity index (χ0) is 11.3. The number of hydrogen-bond acceptors (Lipinski definition) is 2. The zero-order valence-corrected chi connectivity index (χ0v) is 9.52. The van der Waals surface area contributed by atoms with Crippen LogP contribution in [0.1, 0.15) is 0 Å². The van der Waals surface area contributed by atoms with Gasteiger partial charge in [-0.05, 0) is 42.6 Å². The number of carbonyl (C=O) groups excluding carboxylic acids is 1. The Morgan fingerprint density at radius 1 is 1.38 bits per heavy atom. The van der Waals surface area contributed by atoms with Crippen molar-refractivity contribution in [1.29, 1.82) is 0 Å². The number of rotatable bonds is 2. The van der Waals surface area contributed by atoms with E-state index in [1.165, 1.54) is 0 Å². The first-order chi connectivity index (χ1) is 7.72. The maximum atomic E-state index is 12.0. The van der Waals surface area contributed by atoms with Crippen molar-refractivity contribution >= 4 is 23.2 Å². The normalized spacial score (nSPS) is 31.8. The van der Waals surface area contributed by atoms with Gasteiger partial charge >= 0.3 is 0 Å². The van der Waals surface area contributed by atoms with Crippen LogP contribution in [0.25, 0.3) is 0 Å². The van der Waals surface area contributed by atoms with Crippen LogP contribution < -0.4 is 10.6 Å². The van der Waals surface area contributed by atoms with E-state index in [-0.39, 0.29) is 11.8 Å². The van der Waals surface area contributed by atoms with Gasteiger partial charge in [-0.2, -0.15) is 0 Å². The number of halogens is 1. The summed E-state index contributed by atoms with van der Waals surface area (Å²) >= 11 is 5.82. The van der Waals surface area contributed by atoms with E-state index in [4.69, 9.17) is 17.3 Å². The number of fused-ring (bicyclic) bond motifs is 1. The van der Waals surface area contributed by atoms with Crippen molar-refractivity contribution in [1.82, 2.24) is 0 Å². The molecule has 1 aromatic carbocycles. The van der Waals surface area contributed by atoms with Crippen LogP contribution in [0.5, 0.6) is 0 Å². The Morgan fingerprint density at radius 2 is 2.06 bits per heavy atom. The van der Waals surface area contributed by atoms with Gasteiger partial charge in [0.2, 0.25) is 5.91 Å². The highest BCUT2D eigenvalue weighted by Gasteiger charge is 2.60. The SMILES string of the molecule is NCC1C2CN(c3ccc(Cl)cc3)C(=O)C12. The molecule has 3 unspecified atom stereocenters. The molecule has 0 spiro atoms. The van der Waals surface area contributed by atoms with Gasteiger partial charge in [-0.3, -0.25) is 4.79 Å². The standard InChI is InChI=1S/C12H13ClN2O/c13-7-1-3-8(4-2-7)15-6-10-9(5-14)11(10)12(15)16/h1-4,9-11H,5-6,14H2. The molecule has 1 amide bonds. The second kappa shape index (κ2) is 3.47. The fourth-order valence-corrected chi connectivity index (χ4v) is 2.84. The Bertz CT molecular complexity index is 431. The van der Waals surface area contributed by atoms with E-state index in [1.54, 1.807) is 0 Å². The Balaban J connectivity index is 1.80. The quantitative estimate of drug-likeness (QED) is 0.846. The molecule has 2 aliphatic rings. The van der Waals surface area contributed by atoms with Crippen LogP contribution in [0.4, 0.5) is 5.69 Å². The van der Waals surface area contributed by atoms with E-state index in [2.05, 4.69) is 0 Å². The van der Waals surface area contributed by atoms with Gasteiger partial charge in [-0.25, -0.2) is 0 Å². The summed E-state index contributed by atoms with van der Waals surface area (Å²) in [5, 5.41) is 0.695. The lowest BCUT2D eigenvalue weighted by atomic mass is 10.2. The fraction of sp³-hybridized carbons (Fsp3) is 0.417. The molecule has 0 bridgehead atoms. The summed E-state index contributed by atoms with van der Waals surface area (Å²) in [6.07, 6.45) is 0. The van der Waals surface area contributed by atoms with Crippen molar-refractivity contribution < 1.29 is 4.79 Å². The topological polar surface area (TPSA) is 46.3 Å². The number of anilines is 1. The first-order valence-corrected chi connectivity index (χ1v) is 5.87. The number of piperidine rings is 1. The highest BCUT2D eigenvalue weighted by molar-refractivity contribution is 6.30. The molecule has 1 saturated carbocycles. The third-order valence-corrected chi connectivity index (χ3v) is 3.94. The van der Waals surface area contributed by atoms with Gasteiger partial charge in [0.05, 0.1) is 0 Å². The summed E-state index contributed by atoms with van der Waals surface area (Å²) in [6.45, 7) is 1.45. The van der Waals surface area contributed by atoms with Gasteiger partial charge < -0.3 is 10.6 Å². The van der Waals surface area contributed by atoms with Crippen molar-refractivity contribution in [2.45, 2.75) is 0 Å². The van der Waals surface area contributed by atoms with Gasteiger partial charge in [0.25, 0.3) is 0 Å². The minimum atomic E-state index is 0.181. The first kappa shape index (κ1) is 10.1. The lowest BCUT2D eigenvalue weighted by Crippen LogP contribution is -2.31. The molecule has 0 radical (unpaired) electrons. The molecule has 4 heteroatoms. The van der Waals surface area contributed by atoms with E-state index in [0.717, 1.165) is 12.2 Å². The fourth-order valence-electron chi connectivity index (χ4n) is 2.72.